The van der Waals surface area contributed by atoms with Gasteiger partial charge in [-0.25, -0.2) is 18.6 Å². The molecule has 9 heteroatoms. The van der Waals surface area contributed by atoms with Gasteiger partial charge in [-0.1, -0.05) is 0 Å². The van der Waals surface area contributed by atoms with E-state index in [4.69, 9.17) is 4.42 Å². The topological polar surface area (TPSA) is 81.4 Å². The van der Waals surface area contributed by atoms with E-state index < -0.39 is 29.1 Å². The van der Waals surface area contributed by atoms with Crippen LogP contribution in [0.1, 0.15) is 31.5 Å². The smallest absolute Gasteiger partial charge is 0.340 e. The number of ether oxygens (including phenoxy) is 1. The van der Waals surface area contributed by atoms with Crippen molar-refractivity contribution in [3.8, 4) is 10.8 Å². The summed E-state index contributed by atoms with van der Waals surface area (Å²) in [6.07, 6.45) is 0. The van der Waals surface area contributed by atoms with E-state index in [9.17, 15) is 18.4 Å². The first kappa shape index (κ1) is 18.7. The second-order valence-corrected chi connectivity index (χ2v) is 6.60. The van der Waals surface area contributed by atoms with Gasteiger partial charge in [0, 0.05) is 6.07 Å². The third kappa shape index (κ3) is 3.72. The first-order valence-electron chi connectivity index (χ1n) is 7.73. The minimum absolute atomic E-state index is 0.238. The highest BCUT2D eigenvalue weighted by atomic mass is 32.1. The van der Waals surface area contributed by atoms with Crippen LogP contribution >= 0.6 is 11.3 Å². The molecule has 3 rings (SSSR count). The molecule has 0 unspecified atom stereocenters. The average Bonchev–Trinajstić information content (AvgIpc) is 3.22. The number of halogens is 2. The Labute approximate surface area is 156 Å². The maximum absolute atomic E-state index is 14.0. The Morgan fingerprint density at radius 3 is 2.56 bits per heavy atom. The number of thiazole rings is 1. The SMILES string of the molecule is COC(=O)c1cc(NC(=O)c2sc(-c3ccc(C)o3)nc2C)c(F)cc1F. The summed E-state index contributed by atoms with van der Waals surface area (Å²) < 4.78 is 37.7. The number of hydrogen-bond donors (Lipinski definition) is 1. The van der Waals surface area contributed by atoms with E-state index in [-0.39, 0.29) is 10.6 Å². The molecule has 27 heavy (non-hydrogen) atoms. The monoisotopic (exact) mass is 392 g/mol. The number of methoxy groups -OCH3 is 1. The fourth-order valence-electron chi connectivity index (χ4n) is 2.35. The molecular weight excluding hydrogens is 378 g/mol. The number of carbonyl (C=O) groups excluding carboxylic acids is 2. The summed E-state index contributed by atoms with van der Waals surface area (Å²) in [4.78, 5) is 28.6. The first-order valence-corrected chi connectivity index (χ1v) is 8.54. The van der Waals surface area contributed by atoms with Gasteiger partial charge in [-0.15, -0.1) is 11.3 Å². The molecule has 0 aliphatic heterocycles. The molecule has 6 nitrogen and oxygen atoms in total. The van der Waals surface area contributed by atoms with E-state index in [0.29, 0.717) is 28.3 Å². The fourth-order valence-corrected chi connectivity index (χ4v) is 3.28. The van der Waals surface area contributed by atoms with Gasteiger partial charge in [-0.2, -0.15) is 0 Å². The number of benzene rings is 1. The maximum atomic E-state index is 14.0. The van der Waals surface area contributed by atoms with Gasteiger partial charge in [0.1, 0.15) is 22.3 Å². The Bertz CT molecular complexity index is 1040. The lowest BCUT2D eigenvalue weighted by molar-refractivity contribution is 0.0595. The van der Waals surface area contributed by atoms with Crippen molar-refractivity contribution in [2.75, 3.05) is 12.4 Å². The van der Waals surface area contributed by atoms with E-state index in [1.54, 1.807) is 26.0 Å². The van der Waals surface area contributed by atoms with Gasteiger partial charge >= 0.3 is 5.97 Å². The molecule has 1 amide bonds. The molecule has 0 atom stereocenters. The summed E-state index contributed by atoms with van der Waals surface area (Å²) in [5.74, 6) is -2.50. The lowest BCUT2D eigenvalue weighted by atomic mass is 10.1. The molecule has 0 bridgehead atoms. The van der Waals surface area contributed by atoms with Crippen molar-refractivity contribution < 1.29 is 27.5 Å². The standard InChI is InChI=1S/C18H14F2N2O4S/c1-8-4-5-14(26-8)17-21-9(2)15(27-17)16(23)22-13-6-10(18(24)25-3)11(19)7-12(13)20/h4-7H,1-3H3,(H,22,23). The predicted octanol–water partition coefficient (Wildman–Crippen LogP) is 4.34. The van der Waals surface area contributed by atoms with Gasteiger partial charge in [-0.05, 0) is 32.0 Å². The van der Waals surface area contributed by atoms with Gasteiger partial charge in [-0.3, -0.25) is 4.79 Å². The molecular formula is C18H14F2N2O4S. The van der Waals surface area contributed by atoms with Gasteiger partial charge in [0.15, 0.2) is 10.8 Å². The Hall–Kier alpha value is -3.07. The van der Waals surface area contributed by atoms with Crippen molar-refractivity contribution in [1.29, 1.82) is 0 Å². The molecule has 1 N–H and O–H groups in total. The lowest BCUT2D eigenvalue weighted by Gasteiger charge is -2.08. The number of amides is 1. The molecule has 0 radical (unpaired) electrons. The van der Waals surface area contributed by atoms with Crippen LogP contribution in [0.25, 0.3) is 10.8 Å². The normalized spacial score (nSPS) is 10.7. The number of aromatic nitrogens is 1. The van der Waals surface area contributed by atoms with E-state index in [1.807, 2.05) is 0 Å². The van der Waals surface area contributed by atoms with E-state index in [2.05, 4.69) is 15.0 Å². The Morgan fingerprint density at radius 2 is 1.93 bits per heavy atom. The Morgan fingerprint density at radius 1 is 1.19 bits per heavy atom. The van der Waals surface area contributed by atoms with Crippen LogP contribution in [-0.2, 0) is 4.74 Å². The number of esters is 1. The summed E-state index contributed by atoms with van der Waals surface area (Å²) >= 11 is 1.07. The molecule has 2 aromatic heterocycles. The van der Waals surface area contributed by atoms with Crippen molar-refractivity contribution >= 4 is 28.9 Å². The van der Waals surface area contributed by atoms with Crippen LogP contribution in [0.4, 0.5) is 14.5 Å². The molecule has 3 aromatic rings. The van der Waals surface area contributed by atoms with Gasteiger partial charge in [0.05, 0.1) is 24.1 Å². The van der Waals surface area contributed by atoms with E-state index >= 15 is 0 Å². The van der Waals surface area contributed by atoms with Crippen LogP contribution in [0.3, 0.4) is 0 Å². The Kier molecular flexibility index (Phi) is 5.04. The summed E-state index contributed by atoms with van der Waals surface area (Å²) in [6, 6.07) is 4.91. The Balaban J connectivity index is 1.90. The van der Waals surface area contributed by atoms with Crippen molar-refractivity contribution in [1.82, 2.24) is 4.98 Å². The number of furan rings is 1. The van der Waals surface area contributed by atoms with Crippen molar-refractivity contribution in [3.63, 3.8) is 0 Å². The van der Waals surface area contributed by atoms with E-state index in [0.717, 1.165) is 24.5 Å². The van der Waals surface area contributed by atoms with Gasteiger partial charge < -0.3 is 14.5 Å². The number of carbonyl (C=O) groups is 2. The minimum atomic E-state index is -1.08. The second kappa shape index (κ2) is 7.28. The molecule has 0 aliphatic rings. The third-order valence-corrected chi connectivity index (χ3v) is 4.83. The van der Waals surface area contributed by atoms with Gasteiger partial charge in [0.2, 0.25) is 0 Å². The highest BCUT2D eigenvalue weighted by Gasteiger charge is 2.21. The largest absolute Gasteiger partial charge is 0.465 e. The number of nitrogens with one attached hydrogen (secondary N) is 1. The fraction of sp³-hybridized carbons (Fsp3) is 0.167. The zero-order chi connectivity index (χ0) is 19.7. The maximum Gasteiger partial charge on any atom is 0.340 e. The third-order valence-electron chi connectivity index (χ3n) is 3.66. The zero-order valence-electron chi connectivity index (χ0n) is 14.6. The summed E-state index contributed by atoms with van der Waals surface area (Å²) in [6.45, 7) is 3.42. The number of aryl methyl sites for hydroxylation is 2. The molecule has 0 spiro atoms. The van der Waals surface area contributed by atoms with Crippen LogP contribution in [0, 0.1) is 25.5 Å². The molecule has 0 fully saturated rings. The quantitative estimate of drug-likeness (QED) is 0.668. The highest BCUT2D eigenvalue weighted by molar-refractivity contribution is 7.17. The van der Waals surface area contributed by atoms with Crippen LogP contribution in [0.2, 0.25) is 0 Å². The summed E-state index contributed by atoms with van der Waals surface area (Å²) in [5, 5.41) is 2.84. The van der Waals surface area contributed by atoms with Crippen molar-refractivity contribution in [2.24, 2.45) is 0 Å². The number of hydrogen-bond acceptors (Lipinski definition) is 6. The van der Waals surface area contributed by atoms with Crippen LogP contribution in [-0.4, -0.2) is 24.0 Å². The summed E-state index contributed by atoms with van der Waals surface area (Å²) in [7, 11) is 1.07. The molecule has 0 aliphatic carbocycles. The minimum Gasteiger partial charge on any atom is -0.465 e. The summed E-state index contributed by atoms with van der Waals surface area (Å²) in [5.41, 5.74) is -0.399. The van der Waals surface area contributed by atoms with Crippen LogP contribution in [0.15, 0.2) is 28.7 Å². The van der Waals surface area contributed by atoms with Crippen LogP contribution < -0.4 is 5.32 Å². The van der Waals surface area contributed by atoms with Crippen LogP contribution in [0.5, 0.6) is 0 Å². The molecule has 140 valence electrons. The van der Waals surface area contributed by atoms with Crippen molar-refractivity contribution in [3.05, 3.63) is 57.8 Å². The average molecular weight is 392 g/mol. The highest BCUT2D eigenvalue weighted by Crippen LogP contribution is 2.30. The number of anilines is 1. The number of rotatable bonds is 4. The number of nitrogens with zero attached hydrogens (tertiary/aromatic N) is 1. The zero-order valence-corrected chi connectivity index (χ0v) is 15.4. The molecule has 2 heterocycles. The first-order chi connectivity index (χ1) is 12.8. The molecule has 1 aromatic carbocycles. The lowest BCUT2D eigenvalue weighted by Crippen LogP contribution is -2.14. The predicted molar refractivity (Wildman–Crippen MR) is 94.9 cm³/mol. The molecule has 0 saturated carbocycles. The second-order valence-electron chi connectivity index (χ2n) is 5.60. The van der Waals surface area contributed by atoms with Gasteiger partial charge in [0.25, 0.3) is 5.91 Å². The molecule has 0 saturated heterocycles. The van der Waals surface area contributed by atoms with Crippen molar-refractivity contribution in [2.45, 2.75) is 13.8 Å². The van der Waals surface area contributed by atoms with E-state index in [1.165, 1.54) is 0 Å².